The van der Waals surface area contributed by atoms with Crippen LogP contribution in [0, 0.1) is 0 Å². The normalized spacial score (nSPS) is 10.5. The van der Waals surface area contributed by atoms with Crippen molar-refractivity contribution in [3.05, 3.63) is 24.4 Å². The molecule has 2 heterocycles. The number of hydrogen-bond acceptors (Lipinski definition) is 4. The van der Waals surface area contributed by atoms with Crippen molar-refractivity contribution < 1.29 is 4.79 Å². The van der Waals surface area contributed by atoms with E-state index >= 15 is 0 Å². The van der Waals surface area contributed by atoms with Gasteiger partial charge in [0.25, 0.3) is 0 Å². The Morgan fingerprint density at radius 3 is 3.23 bits per heavy atom. The van der Waals surface area contributed by atoms with Crippen molar-refractivity contribution in [2.45, 2.75) is 13.3 Å². The molecular formula is C8H8N4O. The Kier molecular flexibility index (Phi) is 1.77. The fourth-order valence-corrected chi connectivity index (χ4v) is 1.17. The molecule has 0 N–H and O–H groups in total. The highest BCUT2D eigenvalue weighted by Crippen LogP contribution is 2.04. The standard InChI is InChI=1S/C8H8N4O/c1-6(13)4-7-8-11-10-5-12(8)3-2-9-7/h2-3,5H,4H2,1H3. The molecule has 0 amide bonds. The Labute approximate surface area is 74.4 Å². The average Bonchev–Trinajstić information content (AvgIpc) is 2.51. The molecule has 0 saturated carbocycles. The third kappa shape index (κ3) is 1.40. The lowest BCUT2D eigenvalue weighted by atomic mass is 10.2. The van der Waals surface area contributed by atoms with Gasteiger partial charge >= 0.3 is 0 Å². The molecule has 5 nitrogen and oxygen atoms in total. The van der Waals surface area contributed by atoms with Crippen LogP contribution in [0.3, 0.4) is 0 Å². The van der Waals surface area contributed by atoms with Crippen molar-refractivity contribution in [1.82, 2.24) is 19.6 Å². The average molecular weight is 176 g/mol. The number of fused-ring (bicyclic) bond motifs is 1. The number of carbonyl (C=O) groups is 1. The van der Waals surface area contributed by atoms with Crippen LogP contribution in [0.1, 0.15) is 12.6 Å². The molecule has 2 aromatic rings. The zero-order valence-corrected chi connectivity index (χ0v) is 7.14. The molecule has 0 spiro atoms. The maximum absolute atomic E-state index is 10.9. The van der Waals surface area contributed by atoms with Crippen LogP contribution in [0.4, 0.5) is 0 Å². The topological polar surface area (TPSA) is 60.2 Å². The van der Waals surface area contributed by atoms with Crippen LogP contribution in [0.2, 0.25) is 0 Å². The molecule has 2 rings (SSSR count). The minimum absolute atomic E-state index is 0.0728. The highest BCUT2D eigenvalue weighted by atomic mass is 16.1. The van der Waals surface area contributed by atoms with Gasteiger partial charge in [0.2, 0.25) is 0 Å². The fraction of sp³-hybridized carbons (Fsp3) is 0.250. The number of aromatic nitrogens is 4. The third-order valence-corrected chi connectivity index (χ3v) is 1.71. The smallest absolute Gasteiger partial charge is 0.182 e. The lowest BCUT2D eigenvalue weighted by Crippen LogP contribution is -2.02. The highest BCUT2D eigenvalue weighted by Gasteiger charge is 2.06. The first-order chi connectivity index (χ1) is 6.27. The van der Waals surface area contributed by atoms with Gasteiger partial charge in [-0.15, -0.1) is 10.2 Å². The Morgan fingerprint density at radius 2 is 2.46 bits per heavy atom. The Hall–Kier alpha value is -1.78. The SMILES string of the molecule is CC(=O)Cc1nccn2cnnc12. The predicted octanol–water partition coefficient (Wildman–Crippen LogP) is 0.256. The monoisotopic (exact) mass is 176 g/mol. The Balaban J connectivity index is 2.54. The number of rotatable bonds is 2. The number of Topliss-reactive ketones (excluding diaryl/α,β-unsaturated/α-hetero) is 1. The van der Waals surface area contributed by atoms with E-state index in [-0.39, 0.29) is 5.78 Å². The summed E-state index contributed by atoms with van der Waals surface area (Å²) < 4.78 is 1.74. The second-order valence-electron chi connectivity index (χ2n) is 2.81. The molecule has 0 radical (unpaired) electrons. The van der Waals surface area contributed by atoms with Gasteiger partial charge in [0.15, 0.2) is 5.65 Å². The van der Waals surface area contributed by atoms with Gasteiger partial charge in [-0.25, -0.2) is 0 Å². The molecule has 0 aliphatic carbocycles. The minimum atomic E-state index is 0.0728. The fourth-order valence-electron chi connectivity index (χ4n) is 1.17. The molecule has 66 valence electrons. The predicted molar refractivity (Wildman–Crippen MR) is 45.2 cm³/mol. The summed E-state index contributed by atoms with van der Waals surface area (Å²) in [6.45, 7) is 1.53. The van der Waals surface area contributed by atoms with E-state index in [4.69, 9.17) is 0 Å². The summed E-state index contributed by atoms with van der Waals surface area (Å²) >= 11 is 0. The first-order valence-corrected chi connectivity index (χ1v) is 3.90. The zero-order valence-electron chi connectivity index (χ0n) is 7.14. The molecule has 0 bridgehead atoms. The van der Waals surface area contributed by atoms with Crippen molar-refractivity contribution in [2.24, 2.45) is 0 Å². The number of hydrogen-bond donors (Lipinski definition) is 0. The van der Waals surface area contributed by atoms with Crippen LogP contribution in [0.25, 0.3) is 5.65 Å². The molecule has 0 aliphatic heterocycles. The van der Waals surface area contributed by atoms with Crippen LogP contribution in [0.5, 0.6) is 0 Å². The minimum Gasteiger partial charge on any atom is -0.300 e. The first kappa shape index (κ1) is 7.85. The molecule has 2 aromatic heterocycles. The molecule has 13 heavy (non-hydrogen) atoms. The van der Waals surface area contributed by atoms with Crippen LogP contribution < -0.4 is 0 Å². The number of ketones is 1. The zero-order chi connectivity index (χ0) is 9.26. The highest BCUT2D eigenvalue weighted by molar-refractivity contribution is 5.79. The van der Waals surface area contributed by atoms with E-state index in [1.807, 2.05) is 0 Å². The Morgan fingerprint density at radius 1 is 1.62 bits per heavy atom. The van der Waals surface area contributed by atoms with Gasteiger partial charge in [-0.05, 0) is 6.92 Å². The summed E-state index contributed by atoms with van der Waals surface area (Å²) in [6, 6.07) is 0. The van der Waals surface area contributed by atoms with Gasteiger partial charge in [-0.2, -0.15) is 0 Å². The van der Waals surface area contributed by atoms with Crippen LogP contribution in [-0.4, -0.2) is 25.4 Å². The van der Waals surface area contributed by atoms with Crippen LogP contribution in [0.15, 0.2) is 18.7 Å². The first-order valence-electron chi connectivity index (χ1n) is 3.90. The summed E-state index contributed by atoms with van der Waals surface area (Å²) in [5.41, 5.74) is 1.32. The van der Waals surface area contributed by atoms with E-state index in [0.29, 0.717) is 17.8 Å². The summed E-state index contributed by atoms with van der Waals surface area (Å²) in [5, 5.41) is 7.60. The van der Waals surface area contributed by atoms with E-state index in [1.165, 1.54) is 6.92 Å². The molecule has 0 aromatic carbocycles. The van der Waals surface area contributed by atoms with Gasteiger partial charge in [0.05, 0.1) is 12.1 Å². The van der Waals surface area contributed by atoms with E-state index in [9.17, 15) is 4.79 Å². The quantitative estimate of drug-likeness (QED) is 0.658. The second-order valence-corrected chi connectivity index (χ2v) is 2.81. The summed E-state index contributed by atoms with van der Waals surface area (Å²) in [4.78, 5) is 15.0. The largest absolute Gasteiger partial charge is 0.300 e. The summed E-state index contributed by atoms with van der Waals surface area (Å²) in [6.07, 6.45) is 5.28. The molecule has 5 heteroatoms. The van der Waals surface area contributed by atoms with E-state index in [1.54, 1.807) is 23.1 Å². The number of carbonyl (C=O) groups excluding carboxylic acids is 1. The van der Waals surface area contributed by atoms with Gasteiger partial charge in [-0.1, -0.05) is 0 Å². The lowest BCUT2D eigenvalue weighted by Gasteiger charge is -1.97. The van der Waals surface area contributed by atoms with Gasteiger partial charge in [-0.3, -0.25) is 14.2 Å². The third-order valence-electron chi connectivity index (χ3n) is 1.71. The van der Waals surface area contributed by atoms with Crippen molar-refractivity contribution in [3.8, 4) is 0 Å². The molecule has 0 atom stereocenters. The van der Waals surface area contributed by atoms with E-state index in [2.05, 4.69) is 15.2 Å². The summed E-state index contributed by atoms with van der Waals surface area (Å²) in [7, 11) is 0. The van der Waals surface area contributed by atoms with Gasteiger partial charge < -0.3 is 0 Å². The maximum Gasteiger partial charge on any atom is 0.182 e. The Bertz CT molecular complexity index is 448. The van der Waals surface area contributed by atoms with E-state index < -0.39 is 0 Å². The molecule has 0 unspecified atom stereocenters. The molecule has 0 fully saturated rings. The number of nitrogens with zero attached hydrogens (tertiary/aromatic N) is 4. The van der Waals surface area contributed by atoms with Crippen molar-refractivity contribution in [2.75, 3.05) is 0 Å². The second kappa shape index (κ2) is 2.93. The molecule has 0 aliphatic rings. The molecule has 0 saturated heterocycles. The van der Waals surface area contributed by atoms with Crippen molar-refractivity contribution in [3.63, 3.8) is 0 Å². The van der Waals surface area contributed by atoms with Crippen molar-refractivity contribution in [1.29, 1.82) is 0 Å². The van der Waals surface area contributed by atoms with Crippen LogP contribution in [-0.2, 0) is 11.2 Å². The lowest BCUT2D eigenvalue weighted by molar-refractivity contribution is -0.116. The van der Waals surface area contributed by atoms with Crippen LogP contribution >= 0.6 is 0 Å². The van der Waals surface area contributed by atoms with Gasteiger partial charge in [0.1, 0.15) is 12.1 Å². The maximum atomic E-state index is 10.9. The van der Waals surface area contributed by atoms with Gasteiger partial charge in [0, 0.05) is 12.4 Å². The molecular weight excluding hydrogens is 168 g/mol. The van der Waals surface area contributed by atoms with Crippen molar-refractivity contribution >= 4 is 11.4 Å². The summed E-state index contributed by atoms with van der Waals surface area (Å²) in [5.74, 6) is 0.0728. The van der Waals surface area contributed by atoms with E-state index in [0.717, 1.165) is 0 Å².